The van der Waals surface area contributed by atoms with Crippen LogP contribution < -0.4 is 15.6 Å². The van der Waals surface area contributed by atoms with Crippen LogP contribution in [0, 0.1) is 5.41 Å². The number of nitrogens with zero attached hydrogens (tertiary/aromatic N) is 5. The van der Waals surface area contributed by atoms with Gasteiger partial charge in [-0.25, -0.2) is 9.97 Å². The molecule has 0 aliphatic rings. The lowest BCUT2D eigenvalue weighted by molar-refractivity contribution is 0.0616. The van der Waals surface area contributed by atoms with Crippen LogP contribution in [0.25, 0.3) is 11.3 Å². The highest BCUT2D eigenvalue weighted by molar-refractivity contribution is 7.16. The normalized spacial score (nSPS) is 11.5. The summed E-state index contributed by atoms with van der Waals surface area (Å²) in [6.07, 6.45) is 4.65. The summed E-state index contributed by atoms with van der Waals surface area (Å²) in [4.78, 5) is 35.0. The molecule has 0 saturated heterocycles. The smallest absolute Gasteiger partial charge is 0.256 e. The summed E-state index contributed by atoms with van der Waals surface area (Å²) >= 11 is 7.47. The van der Waals surface area contributed by atoms with Gasteiger partial charge in [-0.15, -0.1) is 11.3 Å². The van der Waals surface area contributed by atoms with Gasteiger partial charge in [0.25, 0.3) is 11.5 Å². The quantitative estimate of drug-likeness (QED) is 0.338. The van der Waals surface area contributed by atoms with E-state index >= 15 is 0 Å². The lowest BCUT2D eigenvalue weighted by Gasteiger charge is -2.20. The van der Waals surface area contributed by atoms with Gasteiger partial charge in [0.2, 0.25) is 5.88 Å². The minimum atomic E-state index is -1.07. The number of carbonyl (C=O) groups excluding carboxylic acids is 1. The Hall–Kier alpha value is -3.54. The van der Waals surface area contributed by atoms with Crippen molar-refractivity contribution < 1.29 is 14.6 Å². The average Bonchev–Trinajstić information content (AvgIpc) is 3.49. The molecule has 0 radical (unpaired) electrons. The lowest BCUT2D eigenvalue weighted by atomic mass is 9.94. The third-order valence-corrected chi connectivity index (χ3v) is 6.74. The predicted molar refractivity (Wildman–Crippen MR) is 138 cm³/mol. The van der Waals surface area contributed by atoms with Crippen LogP contribution in [0.5, 0.6) is 5.88 Å². The number of hydrogen-bond acceptors (Lipinski definition) is 9. The summed E-state index contributed by atoms with van der Waals surface area (Å²) in [5, 5.41) is 17.6. The molecule has 2 N–H and O–H groups in total. The minimum Gasteiger partial charge on any atom is -0.482 e. The van der Waals surface area contributed by atoms with E-state index in [1.165, 1.54) is 40.1 Å². The summed E-state index contributed by atoms with van der Waals surface area (Å²) < 4.78 is 8.98. The molecule has 36 heavy (non-hydrogen) atoms. The Kier molecular flexibility index (Phi) is 7.53. The maximum absolute atomic E-state index is 13.3. The number of hydrogen-bond donors (Lipinski definition) is 2. The maximum atomic E-state index is 13.3. The van der Waals surface area contributed by atoms with E-state index in [9.17, 15) is 14.7 Å². The lowest BCUT2D eigenvalue weighted by Crippen LogP contribution is -2.34. The third kappa shape index (κ3) is 5.32. The Morgan fingerprint density at radius 2 is 1.97 bits per heavy atom. The standard InChI is InChI=1S/C24H25ClN6O4S/c1-24(2,13-32)23(34)31-20(28-11-16-4-6-19(25)36-16)8-18(29-31)17-5-7-21(33)30(22(17)35-3)12-15-9-26-14-27-10-15/h4-10,14,28,32H,11-13H2,1-3H3. The molecule has 0 amide bonds. The number of thiophene rings is 1. The molecule has 4 aromatic rings. The summed E-state index contributed by atoms with van der Waals surface area (Å²) in [5.41, 5.74) is 0.312. The Balaban J connectivity index is 1.78. The van der Waals surface area contributed by atoms with Crippen LogP contribution in [0.3, 0.4) is 0 Å². The zero-order valence-corrected chi connectivity index (χ0v) is 21.5. The monoisotopic (exact) mass is 528 g/mol. The molecular weight excluding hydrogens is 504 g/mol. The van der Waals surface area contributed by atoms with E-state index in [0.29, 0.717) is 28.0 Å². The first-order chi connectivity index (χ1) is 17.2. The van der Waals surface area contributed by atoms with Crippen molar-refractivity contribution in [2.24, 2.45) is 5.41 Å². The first-order valence-corrected chi connectivity index (χ1v) is 12.2. The summed E-state index contributed by atoms with van der Waals surface area (Å²) in [6.45, 7) is 3.54. The fourth-order valence-corrected chi connectivity index (χ4v) is 4.52. The summed E-state index contributed by atoms with van der Waals surface area (Å²) in [7, 11) is 1.47. The van der Waals surface area contributed by atoms with E-state index in [-0.39, 0.29) is 24.6 Å². The number of nitrogens with one attached hydrogen (secondary N) is 1. The van der Waals surface area contributed by atoms with Gasteiger partial charge in [0.05, 0.1) is 42.1 Å². The highest BCUT2D eigenvalue weighted by atomic mass is 35.5. The molecule has 12 heteroatoms. The molecule has 0 spiro atoms. The van der Waals surface area contributed by atoms with Crippen LogP contribution in [-0.4, -0.2) is 49.0 Å². The van der Waals surface area contributed by atoms with E-state index in [1.54, 1.807) is 44.4 Å². The molecule has 10 nitrogen and oxygen atoms in total. The summed E-state index contributed by atoms with van der Waals surface area (Å²) in [5.74, 6) is 0.315. The predicted octanol–water partition coefficient (Wildman–Crippen LogP) is 3.54. The topological polar surface area (TPSA) is 124 Å². The van der Waals surface area contributed by atoms with Gasteiger partial charge in [-0.3, -0.25) is 14.2 Å². The van der Waals surface area contributed by atoms with Crippen molar-refractivity contribution in [1.82, 2.24) is 24.3 Å². The highest BCUT2D eigenvalue weighted by Gasteiger charge is 2.31. The van der Waals surface area contributed by atoms with Gasteiger partial charge < -0.3 is 15.2 Å². The molecule has 0 saturated carbocycles. The molecule has 0 aliphatic carbocycles. The summed E-state index contributed by atoms with van der Waals surface area (Å²) in [6, 6.07) is 8.43. The zero-order chi connectivity index (χ0) is 25.9. The third-order valence-electron chi connectivity index (χ3n) is 5.51. The average molecular weight is 529 g/mol. The van der Waals surface area contributed by atoms with Crippen LogP contribution in [0.2, 0.25) is 4.34 Å². The molecule has 0 fully saturated rings. The van der Waals surface area contributed by atoms with Crippen LogP contribution in [0.15, 0.2) is 53.8 Å². The van der Waals surface area contributed by atoms with E-state index in [1.807, 2.05) is 6.07 Å². The van der Waals surface area contributed by atoms with Crippen molar-refractivity contribution in [3.05, 3.63) is 74.2 Å². The molecule has 0 aromatic carbocycles. The largest absolute Gasteiger partial charge is 0.482 e. The number of carbonyl (C=O) groups is 1. The molecular formula is C24H25ClN6O4S. The molecule has 4 rings (SSSR count). The fraction of sp³-hybridized carbons (Fsp3) is 0.292. The SMILES string of the molecule is COc1c(-c2cc(NCc3ccc(Cl)s3)n(C(=O)C(C)(C)CO)n2)ccc(=O)n1Cc1cncnc1. The van der Waals surface area contributed by atoms with Gasteiger partial charge in [-0.1, -0.05) is 11.6 Å². The Labute approximate surface area is 216 Å². The van der Waals surface area contributed by atoms with Crippen molar-refractivity contribution in [3.8, 4) is 17.1 Å². The number of ether oxygens (including phenoxy) is 1. The second kappa shape index (κ2) is 10.6. The van der Waals surface area contributed by atoms with Crippen LogP contribution in [0.4, 0.5) is 5.82 Å². The number of anilines is 1. The number of aliphatic hydroxyl groups is 1. The van der Waals surface area contributed by atoms with Crippen molar-refractivity contribution in [1.29, 1.82) is 0 Å². The van der Waals surface area contributed by atoms with Crippen molar-refractivity contribution in [3.63, 3.8) is 0 Å². The number of aromatic nitrogens is 5. The maximum Gasteiger partial charge on any atom is 0.256 e. The second-order valence-electron chi connectivity index (χ2n) is 8.66. The van der Waals surface area contributed by atoms with Gasteiger partial charge in [0.15, 0.2) is 0 Å². The van der Waals surface area contributed by atoms with Gasteiger partial charge >= 0.3 is 0 Å². The highest BCUT2D eigenvalue weighted by Crippen LogP contribution is 2.32. The van der Waals surface area contributed by atoms with Crippen LogP contribution in [0.1, 0.15) is 29.1 Å². The number of methoxy groups -OCH3 is 1. The molecule has 0 unspecified atom stereocenters. The first kappa shape index (κ1) is 25.5. The minimum absolute atomic E-state index is 0.193. The second-order valence-corrected chi connectivity index (χ2v) is 10.5. The van der Waals surface area contributed by atoms with Crippen LogP contribution >= 0.6 is 22.9 Å². The van der Waals surface area contributed by atoms with Crippen molar-refractivity contribution in [2.75, 3.05) is 19.0 Å². The van der Waals surface area contributed by atoms with E-state index in [2.05, 4.69) is 20.4 Å². The zero-order valence-electron chi connectivity index (χ0n) is 19.9. The fourth-order valence-electron chi connectivity index (χ4n) is 3.49. The van der Waals surface area contributed by atoms with Crippen molar-refractivity contribution in [2.45, 2.75) is 26.9 Å². The van der Waals surface area contributed by atoms with Gasteiger partial charge in [0, 0.05) is 35.0 Å². The number of halogens is 1. The van der Waals surface area contributed by atoms with Gasteiger partial charge in [-0.2, -0.15) is 9.78 Å². The van der Waals surface area contributed by atoms with Gasteiger partial charge in [0.1, 0.15) is 17.8 Å². The molecule has 4 aromatic heterocycles. The Morgan fingerprint density at radius 3 is 2.61 bits per heavy atom. The molecule has 0 aliphatic heterocycles. The Bertz CT molecular complexity index is 1430. The Morgan fingerprint density at radius 1 is 1.22 bits per heavy atom. The number of rotatable bonds is 9. The molecule has 4 heterocycles. The number of aliphatic hydroxyl groups excluding tert-OH is 1. The molecule has 0 bridgehead atoms. The first-order valence-electron chi connectivity index (χ1n) is 11.0. The molecule has 188 valence electrons. The van der Waals surface area contributed by atoms with Crippen molar-refractivity contribution >= 4 is 34.7 Å². The number of pyridine rings is 1. The van der Waals surface area contributed by atoms with Gasteiger partial charge in [-0.05, 0) is 32.0 Å². The van der Waals surface area contributed by atoms with E-state index in [4.69, 9.17) is 16.3 Å². The van der Waals surface area contributed by atoms with E-state index < -0.39 is 11.3 Å². The van der Waals surface area contributed by atoms with Crippen LogP contribution in [-0.2, 0) is 13.1 Å². The van der Waals surface area contributed by atoms with E-state index in [0.717, 1.165) is 10.4 Å². The molecule has 0 atom stereocenters.